The van der Waals surface area contributed by atoms with E-state index >= 15 is 0 Å². The normalized spacial score (nSPS) is 11.9. The monoisotopic (exact) mass is 253 g/mol. The van der Waals surface area contributed by atoms with Crippen molar-refractivity contribution in [2.24, 2.45) is 0 Å². The molecule has 5 heteroatoms. The van der Waals surface area contributed by atoms with Gasteiger partial charge in [0.2, 0.25) is 0 Å². The largest absolute Gasteiger partial charge is 0.326 e. The van der Waals surface area contributed by atoms with Gasteiger partial charge >= 0.3 is 0 Å². The third-order valence-corrected chi connectivity index (χ3v) is 2.75. The molecule has 0 radical (unpaired) electrons. The van der Waals surface area contributed by atoms with Crippen LogP contribution >= 0.6 is 0 Å². The number of hydrogen-bond donors (Lipinski definition) is 1. The Labute approximate surface area is 105 Å². The van der Waals surface area contributed by atoms with Crippen LogP contribution in [0, 0.1) is 0 Å². The molecule has 0 unspecified atom stereocenters. The number of alkyl halides is 2. The summed E-state index contributed by atoms with van der Waals surface area (Å²) in [6.45, 7) is 4.46. The van der Waals surface area contributed by atoms with Gasteiger partial charge in [0.05, 0.1) is 6.54 Å². The van der Waals surface area contributed by atoms with Gasteiger partial charge in [0.1, 0.15) is 5.65 Å². The van der Waals surface area contributed by atoms with Crippen LogP contribution in [0.15, 0.2) is 24.5 Å². The first-order valence-corrected chi connectivity index (χ1v) is 6.02. The van der Waals surface area contributed by atoms with Crippen molar-refractivity contribution in [3.05, 3.63) is 30.1 Å². The van der Waals surface area contributed by atoms with Gasteiger partial charge in [-0.1, -0.05) is 13.8 Å². The van der Waals surface area contributed by atoms with Crippen molar-refractivity contribution >= 4 is 11.0 Å². The Kier molecular flexibility index (Phi) is 3.91. The molecule has 0 aliphatic rings. The highest BCUT2D eigenvalue weighted by atomic mass is 19.3. The first-order chi connectivity index (χ1) is 8.58. The van der Waals surface area contributed by atoms with Gasteiger partial charge in [0, 0.05) is 30.4 Å². The van der Waals surface area contributed by atoms with Crippen molar-refractivity contribution in [1.29, 1.82) is 0 Å². The molecule has 0 saturated heterocycles. The van der Waals surface area contributed by atoms with Crippen LogP contribution in [0.2, 0.25) is 0 Å². The SMILES string of the molecule is CC(C)NCc1cn(CC(F)F)c2ncccc12. The van der Waals surface area contributed by atoms with E-state index in [0.717, 1.165) is 10.9 Å². The van der Waals surface area contributed by atoms with Crippen LogP contribution in [-0.2, 0) is 13.1 Å². The Morgan fingerprint density at radius 1 is 1.39 bits per heavy atom. The number of pyridine rings is 1. The summed E-state index contributed by atoms with van der Waals surface area (Å²) in [5.74, 6) is 0. The molecule has 0 atom stereocenters. The van der Waals surface area contributed by atoms with Crippen LogP contribution in [0.5, 0.6) is 0 Å². The van der Waals surface area contributed by atoms with Crippen molar-refractivity contribution < 1.29 is 8.78 Å². The topological polar surface area (TPSA) is 29.9 Å². The molecule has 0 fully saturated rings. The second kappa shape index (κ2) is 5.44. The molecule has 98 valence electrons. The summed E-state index contributed by atoms with van der Waals surface area (Å²) in [5.41, 5.74) is 1.63. The fourth-order valence-corrected chi connectivity index (χ4v) is 1.94. The summed E-state index contributed by atoms with van der Waals surface area (Å²) in [4.78, 5) is 4.18. The summed E-state index contributed by atoms with van der Waals surface area (Å²) in [7, 11) is 0. The summed E-state index contributed by atoms with van der Waals surface area (Å²) in [5, 5.41) is 4.23. The van der Waals surface area contributed by atoms with Crippen LogP contribution in [-0.4, -0.2) is 22.0 Å². The van der Waals surface area contributed by atoms with Crippen LogP contribution in [0.4, 0.5) is 8.78 Å². The highest BCUT2D eigenvalue weighted by molar-refractivity contribution is 5.80. The number of rotatable bonds is 5. The summed E-state index contributed by atoms with van der Waals surface area (Å²) in [6.07, 6.45) is 1.02. The molecule has 0 saturated carbocycles. The minimum atomic E-state index is -2.37. The van der Waals surface area contributed by atoms with Gasteiger partial charge in [-0.05, 0) is 17.7 Å². The zero-order valence-corrected chi connectivity index (χ0v) is 10.5. The second-order valence-corrected chi connectivity index (χ2v) is 4.61. The Morgan fingerprint density at radius 2 is 2.17 bits per heavy atom. The molecule has 0 aromatic carbocycles. The molecule has 1 N–H and O–H groups in total. The number of aromatic nitrogens is 2. The smallest absolute Gasteiger partial charge is 0.256 e. The molecule has 2 rings (SSSR count). The Morgan fingerprint density at radius 3 is 2.83 bits per heavy atom. The van der Waals surface area contributed by atoms with E-state index < -0.39 is 6.43 Å². The minimum Gasteiger partial charge on any atom is -0.326 e. The lowest BCUT2D eigenvalue weighted by Gasteiger charge is -2.06. The number of halogens is 2. The molecule has 2 aromatic heterocycles. The lowest BCUT2D eigenvalue weighted by Crippen LogP contribution is -2.21. The van der Waals surface area contributed by atoms with Crippen molar-refractivity contribution in [3.8, 4) is 0 Å². The molecular weight excluding hydrogens is 236 g/mol. The molecular formula is C13H17F2N3. The highest BCUT2D eigenvalue weighted by Crippen LogP contribution is 2.20. The van der Waals surface area contributed by atoms with Gasteiger partial charge in [-0.25, -0.2) is 13.8 Å². The fourth-order valence-electron chi connectivity index (χ4n) is 1.94. The zero-order valence-electron chi connectivity index (χ0n) is 10.5. The molecule has 0 amide bonds. The number of fused-ring (bicyclic) bond motifs is 1. The lowest BCUT2D eigenvalue weighted by molar-refractivity contribution is 0.128. The average Bonchev–Trinajstić information content (AvgIpc) is 2.65. The van der Waals surface area contributed by atoms with Crippen LogP contribution < -0.4 is 5.32 Å². The molecule has 0 bridgehead atoms. The van der Waals surface area contributed by atoms with Crippen LogP contribution in [0.1, 0.15) is 19.4 Å². The Balaban J connectivity index is 2.34. The molecule has 18 heavy (non-hydrogen) atoms. The van der Waals surface area contributed by atoms with E-state index in [9.17, 15) is 8.78 Å². The van der Waals surface area contributed by atoms with Crippen molar-refractivity contribution in [2.45, 2.75) is 39.4 Å². The van der Waals surface area contributed by atoms with Crippen LogP contribution in [0.3, 0.4) is 0 Å². The number of nitrogens with zero attached hydrogens (tertiary/aromatic N) is 2. The summed E-state index contributed by atoms with van der Waals surface area (Å²) >= 11 is 0. The van der Waals surface area contributed by atoms with E-state index in [2.05, 4.69) is 24.1 Å². The fraction of sp³-hybridized carbons (Fsp3) is 0.462. The molecule has 0 spiro atoms. The first kappa shape index (κ1) is 13.0. The second-order valence-electron chi connectivity index (χ2n) is 4.61. The standard InChI is InChI=1S/C13H17F2N3/c1-9(2)17-6-10-7-18(8-12(14)15)13-11(10)4-3-5-16-13/h3-5,7,9,12,17H,6,8H2,1-2H3. The van der Waals surface area contributed by atoms with E-state index in [1.165, 1.54) is 4.57 Å². The van der Waals surface area contributed by atoms with Gasteiger partial charge in [0.25, 0.3) is 6.43 Å². The Bertz CT molecular complexity index is 520. The van der Waals surface area contributed by atoms with E-state index in [-0.39, 0.29) is 6.54 Å². The predicted octanol–water partition coefficient (Wildman–Crippen LogP) is 2.80. The van der Waals surface area contributed by atoms with Crippen molar-refractivity contribution in [2.75, 3.05) is 0 Å². The van der Waals surface area contributed by atoms with Gasteiger partial charge in [-0.2, -0.15) is 0 Å². The molecule has 0 aliphatic carbocycles. The Hall–Kier alpha value is -1.49. The number of hydrogen-bond acceptors (Lipinski definition) is 2. The van der Waals surface area contributed by atoms with Gasteiger partial charge in [0.15, 0.2) is 0 Å². The van der Waals surface area contributed by atoms with Crippen molar-refractivity contribution in [1.82, 2.24) is 14.9 Å². The lowest BCUT2D eigenvalue weighted by atomic mass is 10.2. The van der Waals surface area contributed by atoms with Gasteiger partial charge < -0.3 is 9.88 Å². The maximum atomic E-state index is 12.5. The van der Waals surface area contributed by atoms with E-state index in [0.29, 0.717) is 18.2 Å². The maximum Gasteiger partial charge on any atom is 0.256 e. The molecule has 2 aromatic rings. The van der Waals surface area contributed by atoms with E-state index in [1.807, 2.05) is 12.1 Å². The van der Waals surface area contributed by atoms with E-state index in [4.69, 9.17) is 0 Å². The third kappa shape index (κ3) is 2.85. The summed E-state index contributed by atoms with van der Waals surface area (Å²) < 4.78 is 26.5. The van der Waals surface area contributed by atoms with Crippen LogP contribution in [0.25, 0.3) is 11.0 Å². The third-order valence-electron chi connectivity index (χ3n) is 2.75. The highest BCUT2D eigenvalue weighted by Gasteiger charge is 2.12. The molecule has 2 heterocycles. The van der Waals surface area contributed by atoms with Gasteiger partial charge in [-0.3, -0.25) is 0 Å². The van der Waals surface area contributed by atoms with E-state index in [1.54, 1.807) is 12.4 Å². The van der Waals surface area contributed by atoms with Gasteiger partial charge in [-0.15, -0.1) is 0 Å². The zero-order chi connectivity index (χ0) is 13.1. The number of nitrogens with one attached hydrogen (secondary N) is 1. The molecule has 3 nitrogen and oxygen atoms in total. The predicted molar refractivity (Wildman–Crippen MR) is 67.7 cm³/mol. The van der Waals surface area contributed by atoms with Crippen molar-refractivity contribution in [3.63, 3.8) is 0 Å². The average molecular weight is 253 g/mol. The quantitative estimate of drug-likeness (QED) is 0.888. The molecule has 0 aliphatic heterocycles. The minimum absolute atomic E-state index is 0.310. The maximum absolute atomic E-state index is 12.5. The first-order valence-electron chi connectivity index (χ1n) is 6.02. The summed E-state index contributed by atoms with van der Waals surface area (Å²) in [6, 6.07) is 4.10.